The van der Waals surface area contributed by atoms with Crippen LogP contribution in [0.2, 0.25) is 0 Å². The van der Waals surface area contributed by atoms with Gasteiger partial charge in [0.25, 0.3) is 0 Å². The number of rotatable bonds is 7. The van der Waals surface area contributed by atoms with E-state index in [0.717, 1.165) is 18.8 Å². The summed E-state index contributed by atoms with van der Waals surface area (Å²) < 4.78 is 10.5. The summed E-state index contributed by atoms with van der Waals surface area (Å²) in [5, 5.41) is 3.32. The zero-order chi connectivity index (χ0) is 11.8. The standard InChI is InChI=1S/C12H20N2O2/c1-4-16-12-11(6-5-7-13-12)14-8-10(2)9-15-3/h5-7,10,14H,4,8-9H2,1-3H3. The van der Waals surface area contributed by atoms with Crippen molar-refractivity contribution < 1.29 is 9.47 Å². The van der Waals surface area contributed by atoms with E-state index in [0.29, 0.717) is 18.4 Å². The topological polar surface area (TPSA) is 43.4 Å². The molecule has 0 bridgehead atoms. The molecule has 16 heavy (non-hydrogen) atoms. The molecule has 1 aromatic heterocycles. The molecule has 0 saturated carbocycles. The van der Waals surface area contributed by atoms with Gasteiger partial charge >= 0.3 is 0 Å². The quantitative estimate of drug-likeness (QED) is 0.771. The summed E-state index contributed by atoms with van der Waals surface area (Å²) in [4.78, 5) is 4.18. The maximum atomic E-state index is 5.42. The van der Waals surface area contributed by atoms with Crippen LogP contribution in [0.4, 0.5) is 5.69 Å². The number of hydrogen-bond donors (Lipinski definition) is 1. The van der Waals surface area contributed by atoms with Gasteiger partial charge in [0, 0.05) is 19.9 Å². The summed E-state index contributed by atoms with van der Waals surface area (Å²) in [6, 6.07) is 3.86. The highest BCUT2D eigenvalue weighted by molar-refractivity contribution is 5.51. The molecule has 0 aliphatic rings. The van der Waals surface area contributed by atoms with Gasteiger partial charge in [-0.05, 0) is 25.0 Å². The van der Waals surface area contributed by atoms with Crippen molar-refractivity contribution in [3.05, 3.63) is 18.3 Å². The fourth-order valence-corrected chi connectivity index (χ4v) is 1.40. The zero-order valence-electron chi connectivity index (χ0n) is 10.2. The second-order valence-electron chi connectivity index (χ2n) is 3.73. The van der Waals surface area contributed by atoms with Gasteiger partial charge < -0.3 is 14.8 Å². The first kappa shape index (κ1) is 12.8. The monoisotopic (exact) mass is 224 g/mol. The van der Waals surface area contributed by atoms with E-state index in [-0.39, 0.29) is 0 Å². The Kier molecular flexibility index (Phi) is 5.64. The lowest BCUT2D eigenvalue weighted by atomic mass is 10.2. The average Bonchev–Trinajstić information content (AvgIpc) is 2.29. The van der Waals surface area contributed by atoms with Crippen molar-refractivity contribution in [1.29, 1.82) is 0 Å². The number of nitrogens with zero attached hydrogens (tertiary/aromatic N) is 1. The predicted molar refractivity (Wildman–Crippen MR) is 64.9 cm³/mol. The molecule has 90 valence electrons. The summed E-state index contributed by atoms with van der Waals surface area (Å²) in [5.41, 5.74) is 0.937. The number of hydrogen-bond acceptors (Lipinski definition) is 4. The second kappa shape index (κ2) is 7.06. The first-order chi connectivity index (χ1) is 7.77. The molecule has 1 unspecified atom stereocenters. The summed E-state index contributed by atoms with van der Waals surface area (Å²) in [6.45, 7) is 6.30. The molecular formula is C12H20N2O2. The van der Waals surface area contributed by atoms with Crippen molar-refractivity contribution in [2.75, 3.05) is 32.2 Å². The Morgan fingerprint density at radius 1 is 1.50 bits per heavy atom. The highest BCUT2D eigenvalue weighted by Gasteiger charge is 2.05. The molecule has 1 rings (SSSR count). The third-order valence-electron chi connectivity index (χ3n) is 2.14. The number of pyridine rings is 1. The van der Waals surface area contributed by atoms with E-state index in [1.165, 1.54) is 0 Å². The fraction of sp³-hybridized carbons (Fsp3) is 0.583. The Balaban J connectivity index is 2.52. The van der Waals surface area contributed by atoms with Crippen LogP contribution in [0.5, 0.6) is 5.88 Å². The smallest absolute Gasteiger partial charge is 0.237 e. The van der Waals surface area contributed by atoms with Crippen molar-refractivity contribution >= 4 is 5.69 Å². The van der Waals surface area contributed by atoms with Crippen molar-refractivity contribution in [3.63, 3.8) is 0 Å². The molecule has 4 heteroatoms. The van der Waals surface area contributed by atoms with Crippen LogP contribution in [-0.2, 0) is 4.74 Å². The number of anilines is 1. The Bertz CT molecular complexity index is 305. The van der Waals surface area contributed by atoms with E-state index in [4.69, 9.17) is 9.47 Å². The summed E-state index contributed by atoms with van der Waals surface area (Å²) >= 11 is 0. The number of methoxy groups -OCH3 is 1. The Morgan fingerprint density at radius 2 is 2.31 bits per heavy atom. The minimum Gasteiger partial charge on any atom is -0.476 e. The molecule has 4 nitrogen and oxygen atoms in total. The highest BCUT2D eigenvalue weighted by atomic mass is 16.5. The number of aromatic nitrogens is 1. The van der Waals surface area contributed by atoms with Crippen LogP contribution in [0.3, 0.4) is 0 Å². The van der Waals surface area contributed by atoms with Gasteiger partial charge in [-0.15, -0.1) is 0 Å². The van der Waals surface area contributed by atoms with Gasteiger partial charge in [-0.3, -0.25) is 0 Å². The van der Waals surface area contributed by atoms with E-state index < -0.39 is 0 Å². The average molecular weight is 224 g/mol. The highest BCUT2D eigenvalue weighted by Crippen LogP contribution is 2.20. The molecule has 0 amide bonds. The third-order valence-corrected chi connectivity index (χ3v) is 2.14. The Labute approximate surface area is 97.0 Å². The number of nitrogens with one attached hydrogen (secondary N) is 1. The van der Waals surface area contributed by atoms with Gasteiger partial charge in [-0.2, -0.15) is 0 Å². The lowest BCUT2D eigenvalue weighted by Crippen LogP contribution is -2.16. The fourth-order valence-electron chi connectivity index (χ4n) is 1.40. The van der Waals surface area contributed by atoms with Crippen LogP contribution in [0.15, 0.2) is 18.3 Å². The minimum atomic E-state index is 0.458. The Morgan fingerprint density at radius 3 is 3.00 bits per heavy atom. The summed E-state index contributed by atoms with van der Waals surface area (Å²) in [7, 11) is 1.71. The molecule has 0 radical (unpaired) electrons. The molecule has 1 aromatic rings. The molecule has 0 fully saturated rings. The van der Waals surface area contributed by atoms with Crippen molar-refractivity contribution in [3.8, 4) is 5.88 Å². The van der Waals surface area contributed by atoms with Gasteiger partial charge in [0.15, 0.2) is 0 Å². The lowest BCUT2D eigenvalue weighted by molar-refractivity contribution is 0.164. The molecule has 0 aromatic carbocycles. The maximum Gasteiger partial charge on any atom is 0.237 e. The molecule has 0 aliphatic heterocycles. The lowest BCUT2D eigenvalue weighted by Gasteiger charge is -2.14. The molecule has 1 heterocycles. The summed E-state index contributed by atoms with van der Waals surface area (Å²) in [6.07, 6.45) is 1.73. The molecule has 1 atom stereocenters. The largest absolute Gasteiger partial charge is 0.476 e. The van der Waals surface area contributed by atoms with E-state index in [1.807, 2.05) is 19.1 Å². The van der Waals surface area contributed by atoms with E-state index in [9.17, 15) is 0 Å². The molecule has 1 N–H and O–H groups in total. The first-order valence-corrected chi connectivity index (χ1v) is 5.58. The molecule has 0 aliphatic carbocycles. The SMILES string of the molecule is CCOc1ncccc1NCC(C)COC. The molecular weight excluding hydrogens is 204 g/mol. The first-order valence-electron chi connectivity index (χ1n) is 5.58. The van der Waals surface area contributed by atoms with Crippen LogP contribution >= 0.6 is 0 Å². The van der Waals surface area contributed by atoms with E-state index in [2.05, 4.69) is 17.2 Å². The normalized spacial score (nSPS) is 12.2. The maximum absolute atomic E-state index is 5.42. The van der Waals surface area contributed by atoms with Crippen LogP contribution in [0, 0.1) is 5.92 Å². The van der Waals surface area contributed by atoms with Crippen LogP contribution in [0.25, 0.3) is 0 Å². The molecule has 0 saturated heterocycles. The van der Waals surface area contributed by atoms with E-state index in [1.54, 1.807) is 13.3 Å². The van der Waals surface area contributed by atoms with Crippen molar-refractivity contribution in [1.82, 2.24) is 4.98 Å². The third kappa shape index (κ3) is 4.06. The van der Waals surface area contributed by atoms with Crippen LogP contribution in [-0.4, -0.2) is 31.9 Å². The van der Waals surface area contributed by atoms with Gasteiger partial charge in [-0.25, -0.2) is 4.98 Å². The van der Waals surface area contributed by atoms with Crippen LogP contribution in [0.1, 0.15) is 13.8 Å². The molecule has 0 spiro atoms. The van der Waals surface area contributed by atoms with Crippen molar-refractivity contribution in [2.45, 2.75) is 13.8 Å². The summed E-state index contributed by atoms with van der Waals surface area (Å²) in [5.74, 6) is 1.12. The van der Waals surface area contributed by atoms with Gasteiger partial charge in [-0.1, -0.05) is 6.92 Å². The second-order valence-corrected chi connectivity index (χ2v) is 3.73. The zero-order valence-corrected chi connectivity index (χ0v) is 10.2. The Hall–Kier alpha value is -1.29. The number of ether oxygens (including phenoxy) is 2. The predicted octanol–water partition coefficient (Wildman–Crippen LogP) is 2.17. The van der Waals surface area contributed by atoms with Gasteiger partial charge in [0.05, 0.1) is 18.9 Å². The van der Waals surface area contributed by atoms with E-state index >= 15 is 0 Å². The minimum absolute atomic E-state index is 0.458. The van der Waals surface area contributed by atoms with Crippen molar-refractivity contribution in [2.24, 2.45) is 5.92 Å². The van der Waals surface area contributed by atoms with Gasteiger partial charge in [0.1, 0.15) is 0 Å². The van der Waals surface area contributed by atoms with Crippen LogP contribution < -0.4 is 10.1 Å². The van der Waals surface area contributed by atoms with Gasteiger partial charge in [0.2, 0.25) is 5.88 Å².